The molecule has 3 aromatic carbocycles. The van der Waals surface area contributed by atoms with Crippen LogP contribution in [0.4, 0.5) is 13.2 Å². The van der Waals surface area contributed by atoms with Gasteiger partial charge in [0.2, 0.25) is 5.91 Å². The molecule has 0 aliphatic rings. The SMILES string of the molecule is C=CCCCCOC(=O)c1c(-c2ccc(C(F)(F)F)cc2)oc2c(OC)cc(CCC(=O)N[C@H](CO)Cc3ccccc3)cc12. The van der Waals surface area contributed by atoms with Crippen molar-refractivity contribution in [3.63, 3.8) is 0 Å². The Balaban J connectivity index is 1.62. The number of ether oxygens (including phenoxy) is 2. The van der Waals surface area contributed by atoms with Crippen molar-refractivity contribution in [2.75, 3.05) is 20.3 Å². The fourth-order valence-corrected chi connectivity index (χ4v) is 4.98. The lowest BCUT2D eigenvalue weighted by Crippen LogP contribution is -2.39. The zero-order chi connectivity index (χ0) is 32.4. The Morgan fingerprint density at radius 2 is 1.78 bits per heavy atom. The number of allylic oxidation sites excluding steroid dienone is 1. The Labute approximate surface area is 259 Å². The summed E-state index contributed by atoms with van der Waals surface area (Å²) in [5.74, 6) is -0.611. The van der Waals surface area contributed by atoms with Crippen LogP contribution in [0.2, 0.25) is 0 Å². The molecule has 0 fully saturated rings. The molecule has 1 amide bonds. The van der Waals surface area contributed by atoms with Gasteiger partial charge in [0.25, 0.3) is 0 Å². The fraction of sp³-hybridized carbons (Fsp3) is 0.314. The topological polar surface area (TPSA) is 98.0 Å². The lowest BCUT2D eigenvalue weighted by Gasteiger charge is -2.16. The summed E-state index contributed by atoms with van der Waals surface area (Å²) in [5, 5.41) is 13.0. The lowest BCUT2D eigenvalue weighted by atomic mass is 10.0. The number of rotatable bonds is 15. The number of carbonyl (C=O) groups is 2. The van der Waals surface area contributed by atoms with Crippen LogP contribution in [0.3, 0.4) is 0 Å². The first-order valence-electron chi connectivity index (χ1n) is 14.7. The minimum atomic E-state index is -4.53. The Kier molecular flexibility index (Phi) is 11.4. The molecule has 1 heterocycles. The highest BCUT2D eigenvalue weighted by molar-refractivity contribution is 6.10. The third-order valence-electron chi connectivity index (χ3n) is 7.30. The van der Waals surface area contributed by atoms with Gasteiger partial charge >= 0.3 is 12.1 Å². The van der Waals surface area contributed by atoms with E-state index in [2.05, 4.69) is 11.9 Å². The number of aliphatic hydroxyl groups is 1. The van der Waals surface area contributed by atoms with Gasteiger partial charge in [-0.25, -0.2) is 4.79 Å². The molecular formula is C35H36F3NO6. The molecule has 1 aromatic heterocycles. The number of nitrogens with one attached hydrogen (secondary N) is 1. The van der Waals surface area contributed by atoms with Crippen molar-refractivity contribution in [3.05, 3.63) is 102 Å². The van der Waals surface area contributed by atoms with Crippen molar-refractivity contribution in [3.8, 4) is 17.1 Å². The molecule has 0 bridgehead atoms. The van der Waals surface area contributed by atoms with Crippen molar-refractivity contribution in [1.29, 1.82) is 0 Å². The minimum Gasteiger partial charge on any atom is -0.493 e. The molecule has 45 heavy (non-hydrogen) atoms. The summed E-state index contributed by atoms with van der Waals surface area (Å²) in [6.45, 7) is 3.60. The molecule has 0 aliphatic carbocycles. The zero-order valence-corrected chi connectivity index (χ0v) is 25.0. The van der Waals surface area contributed by atoms with Crippen LogP contribution in [0.15, 0.2) is 83.8 Å². The quantitative estimate of drug-likeness (QED) is 0.0820. The zero-order valence-electron chi connectivity index (χ0n) is 25.0. The van der Waals surface area contributed by atoms with Crippen LogP contribution in [-0.2, 0) is 28.5 Å². The van der Waals surface area contributed by atoms with E-state index in [1.165, 1.54) is 19.2 Å². The van der Waals surface area contributed by atoms with Crippen LogP contribution in [0.1, 0.15) is 52.7 Å². The number of unbranched alkanes of at least 4 members (excludes halogenated alkanes) is 2. The van der Waals surface area contributed by atoms with E-state index in [0.29, 0.717) is 29.5 Å². The van der Waals surface area contributed by atoms with Crippen LogP contribution in [0.5, 0.6) is 5.75 Å². The average Bonchev–Trinajstić information content (AvgIpc) is 3.42. The molecule has 4 rings (SSSR count). The van der Waals surface area contributed by atoms with E-state index >= 15 is 0 Å². The minimum absolute atomic E-state index is 0.0507. The average molecular weight is 624 g/mol. The third kappa shape index (κ3) is 8.76. The van der Waals surface area contributed by atoms with Gasteiger partial charge in [0.1, 0.15) is 11.3 Å². The number of hydrogen-bond donors (Lipinski definition) is 2. The summed E-state index contributed by atoms with van der Waals surface area (Å²) in [4.78, 5) is 26.3. The highest BCUT2D eigenvalue weighted by Gasteiger charge is 2.31. The molecule has 238 valence electrons. The highest BCUT2D eigenvalue weighted by atomic mass is 19.4. The van der Waals surface area contributed by atoms with Crippen LogP contribution in [-0.4, -0.2) is 43.3 Å². The van der Waals surface area contributed by atoms with E-state index in [9.17, 15) is 27.9 Å². The largest absolute Gasteiger partial charge is 0.493 e. The molecule has 2 N–H and O–H groups in total. The monoisotopic (exact) mass is 623 g/mol. The molecule has 4 aromatic rings. The van der Waals surface area contributed by atoms with Crippen LogP contribution >= 0.6 is 0 Å². The predicted molar refractivity (Wildman–Crippen MR) is 165 cm³/mol. The van der Waals surface area contributed by atoms with Crippen molar-refractivity contribution >= 4 is 22.8 Å². The van der Waals surface area contributed by atoms with Crippen molar-refractivity contribution in [1.82, 2.24) is 5.32 Å². The molecule has 10 heteroatoms. The van der Waals surface area contributed by atoms with Gasteiger partial charge in [0.15, 0.2) is 11.3 Å². The summed E-state index contributed by atoms with van der Waals surface area (Å²) in [7, 11) is 1.43. The number of carbonyl (C=O) groups excluding carboxylic acids is 2. The Bertz CT molecular complexity index is 1600. The van der Waals surface area contributed by atoms with E-state index < -0.39 is 23.8 Å². The Morgan fingerprint density at radius 3 is 2.42 bits per heavy atom. The summed E-state index contributed by atoms with van der Waals surface area (Å²) >= 11 is 0. The summed E-state index contributed by atoms with van der Waals surface area (Å²) in [6.07, 6.45) is 0.235. The van der Waals surface area contributed by atoms with Gasteiger partial charge in [-0.05, 0) is 67.5 Å². The first kappa shape index (κ1) is 33.3. The molecule has 0 aliphatic heterocycles. The number of fused-ring (bicyclic) bond motifs is 1. The molecule has 7 nitrogen and oxygen atoms in total. The van der Waals surface area contributed by atoms with E-state index in [1.807, 2.05) is 30.3 Å². The maximum Gasteiger partial charge on any atom is 0.416 e. The number of methoxy groups -OCH3 is 1. The number of alkyl halides is 3. The summed E-state index contributed by atoms with van der Waals surface area (Å²) in [6, 6.07) is 16.8. The lowest BCUT2D eigenvalue weighted by molar-refractivity contribution is -0.137. The number of halogens is 3. The van der Waals surface area contributed by atoms with Crippen LogP contribution in [0.25, 0.3) is 22.3 Å². The smallest absolute Gasteiger partial charge is 0.416 e. The van der Waals surface area contributed by atoms with E-state index in [0.717, 1.165) is 30.5 Å². The number of aryl methyl sites for hydroxylation is 1. The maximum absolute atomic E-state index is 13.4. The second-order valence-corrected chi connectivity index (χ2v) is 10.6. The van der Waals surface area contributed by atoms with Gasteiger partial charge in [-0.15, -0.1) is 6.58 Å². The highest BCUT2D eigenvalue weighted by Crippen LogP contribution is 2.40. The van der Waals surface area contributed by atoms with Crippen molar-refractivity contribution in [2.24, 2.45) is 0 Å². The number of hydrogen-bond acceptors (Lipinski definition) is 6. The van der Waals surface area contributed by atoms with E-state index in [1.54, 1.807) is 18.2 Å². The number of amides is 1. The van der Waals surface area contributed by atoms with Crippen molar-refractivity contribution < 1.29 is 41.8 Å². The fourth-order valence-electron chi connectivity index (χ4n) is 4.98. The second-order valence-electron chi connectivity index (χ2n) is 10.6. The molecule has 0 radical (unpaired) electrons. The van der Waals surface area contributed by atoms with Gasteiger partial charge in [-0.3, -0.25) is 4.79 Å². The van der Waals surface area contributed by atoms with Crippen LogP contribution in [0, 0.1) is 0 Å². The molecule has 0 unspecified atom stereocenters. The first-order chi connectivity index (χ1) is 21.6. The second kappa shape index (κ2) is 15.4. The van der Waals surface area contributed by atoms with Gasteiger partial charge in [-0.1, -0.05) is 48.5 Å². The maximum atomic E-state index is 13.4. The van der Waals surface area contributed by atoms with Gasteiger partial charge in [-0.2, -0.15) is 13.2 Å². The number of furan rings is 1. The molecule has 0 saturated heterocycles. The Hall–Kier alpha value is -4.57. The first-order valence-corrected chi connectivity index (χ1v) is 14.7. The third-order valence-corrected chi connectivity index (χ3v) is 7.30. The van der Waals surface area contributed by atoms with Gasteiger partial charge in [0.05, 0.1) is 31.9 Å². The van der Waals surface area contributed by atoms with Gasteiger partial charge in [0, 0.05) is 17.4 Å². The van der Waals surface area contributed by atoms with E-state index in [4.69, 9.17) is 13.9 Å². The molecule has 0 saturated carbocycles. The van der Waals surface area contributed by atoms with Crippen LogP contribution < -0.4 is 10.1 Å². The number of esters is 1. The standard InChI is InChI=1S/C35H36F3NO6/c1-3-4-5-9-18-44-34(42)31-28-20-24(12-17-30(41)39-27(22-40)19-23-10-7-6-8-11-23)21-29(43-2)33(28)45-32(31)25-13-15-26(16-14-25)35(36,37)38/h3,6-8,10-11,13-16,20-21,27,40H,1,4-5,9,12,17-19,22H2,2H3,(H,39,41)/t27-/m0/s1. The number of aliphatic hydroxyl groups excluding tert-OH is 1. The molecule has 1 atom stereocenters. The predicted octanol–water partition coefficient (Wildman–Crippen LogP) is 7.29. The summed E-state index contributed by atoms with van der Waals surface area (Å²) < 4.78 is 56.9. The van der Waals surface area contributed by atoms with Crippen molar-refractivity contribution in [2.45, 2.75) is 50.7 Å². The summed E-state index contributed by atoms with van der Waals surface area (Å²) in [5.41, 5.74) is 1.35. The van der Waals surface area contributed by atoms with Gasteiger partial charge < -0.3 is 24.3 Å². The molecular weight excluding hydrogens is 587 g/mol. The molecule has 0 spiro atoms. The Morgan fingerprint density at radius 1 is 1.04 bits per heavy atom. The number of benzene rings is 3. The van der Waals surface area contributed by atoms with E-state index in [-0.39, 0.29) is 54.4 Å². The normalized spacial score (nSPS) is 12.1.